The highest BCUT2D eigenvalue weighted by atomic mass is 16.7. The van der Waals surface area contributed by atoms with Crippen molar-refractivity contribution in [2.24, 2.45) is 5.11 Å². The molecule has 5 nitrogen and oxygen atoms in total. The van der Waals surface area contributed by atoms with Gasteiger partial charge in [0.2, 0.25) is 5.69 Å². The third kappa shape index (κ3) is 6.31. The Morgan fingerprint density at radius 3 is 2.23 bits per heavy atom. The first kappa shape index (κ1) is 19.6. The van der Waals surface area contributed by atoms with Crippen molar-refractivity contribution in [1.82, 2.24) is 0 Å². The van der Waals surface area contributed by atoms with E-state index in [0.717, 1.165) is 37.2 Å². The van der Waals surface area contributed by atoms with E-state index in [4.69, 9.17) is 10.2 Å². The molecule has 0 saturated carbocycles. The lowest BCUT2D eigenvalue weighted by molar-refractivity contribution is -0.508. The van der Waals surface area contributed by atoms with Gasteiger partial charge in [-0.05, 0) is 47.8 Å². The molecule has 138 valence electrons. The fraction of sp³-hybridized carbons (Fsp3) is 0.381. The second-order valence-electron chi connectivity index (χ2n) is 6.21. The lowest BCUT2D eigenvalue weighted by Gasteiger charge is -2.03. The van der Waals surface area contributed by atoms with Crippen molar-refractivity contribution < 1.29 is 19.3 Å². The van der Waals surface area contributed by atoms with Crippen LogP contribution in [0, 0.1) is 0 Å². The average Bonchev–Trinajstić information content (AvgIpc) is 2.64. The molecule has 0 aliphatic heterocycles. The number of benzene rings is 2. The number of aryl methyl sites for hydroxylation is 1. The van der Waals surface area contributed by atoms with Crippen molar-refractivity contribution in [2.75, 3.05) is 6.54 Å². The Morgan fingerprint density at radius 1 is 1.00 bits per heavy atom. The minimum Gasteiger partial charge on any atom is -0.449 e. The normalized spacial score (nSPS) is 11.4. The lowest BCUT2D eigenvalue weighted by Crippen LogP contribution is -2.06. The van der Waals surface area contributed by atoms with Crippen LogP contribution in [0.5, 0.6) is 5.75 Å². The van der Waals surface area contributed by atoms with Crippen LogP contribution in [0.4, 0.5) is 16.2 Å². The van der Waals surface area contributed by atoms with E-state index in [0.29, 0.717) is 5.75 Å². The molecule has 26 heavy (non-hydrogen) atoms. The zero-order chi connectivity index (χ0) is 18.8. The molecule has 0 aliphatic carbocycles. The molecule has 0 saturated heterocycles. The topological polar surface area (TPSA) is 61.9 Å². The van der Waals surface area contributed by atoms with Crippen molar-refractivity contribution in [3.8, 4) is 5.75 Å². The summed E-state index contributed by atoms with van der Waals surface area (Å²) in [7, 11) is 0. The number of unbranched alkanes of at least 4 members (excludes halogenated alkanes) is 2. The minimum absolute atomic E-state index is 0.303. The van der Waals surface area contributed by atoms with Crippen LogP contribution in [-0.4, -0.2) is 22.5 Å². The first-order valence-corrected chi connectivity index (χ1v) is 9.21. The van der Waals surface area contributed by atoms with Crippen LogP contribution >= 0.6 is 0 Å². The maximum Gasteiger partial charge on any atom is 0.511 e. The molecule has 0 aromatic heterocycles. The highest BCUT2D eigenvalue weighted by Gasteiger charge is 2.13. The summed E-state index contributed by atoms with van der Waals surface area (Å²) in [5, 5.41) is 13.4. The second kappa shape index (κ2) is 10.3. The highest BCUT2D eigenvalue weighted by Crippen LogP contribution is 2.22. The molecule has 2 aromatic carbocycles. The van der Waals surface area contributed by atoms with Crippen molar-refractivity contribution in [3.05, 3.63) is 54.1 Å². The average molecular weight is 355 g/mol. The van der Waals surface area contributed by atoms with Gasteiger partial charge in [-0.3, -0.25) is 0 Å². The van der Waals surface area contributed by atoms with Crippen LogP contribution in [0.1, 0.15) is 45.1 Å². The standard InChI is InChI=1S/C21H26N2O3/c1-3-5-7-17-8-10-18(11-9-17)22-23(16-6-4-2)19-12-14-20(15-13-19)26-21(24)25/h8-15H,3-7,16H2,1-2H3/p+1. The number of azo groups is 2. The van der Waals surface area contributed by atoms with Crippen molar-refractivity contribution in [1.29, 1.82) is 0 Å². The largest absolute Gasteiger partial charge is 0.511 e. The van der Waals surface area contributed by atoms with Crippen LogP contribution in [0.15, 0.2) is 53.6 Å². The van der Waals surface area contributed by atoms with Gasteiger partial charge in [-0.2, -0.15) is 0 Å². The number of ether oxygens (including phenoxy) is 1. The molecule has 0 aliphatic rings. The predicted molar refractivity (Wildman–Crippen MR) is 102 cm³/mol. The summed E-state index contributed by atoms with van der Waals surface area (Å²) >= 11 is 0. The molecular weight excluding hydrogens is 328 g/mol. The summed E-state index contributed by atoms with van der Waals surface area (Å²) in [5.41, 5.74) is 3.15. The fourth-order valence-corrected chi connectivity index (χ4v) is 2.58. The molecule has 0 spiro atoms. The Balaban J connectivity index is 2.20. The van der Waals surface area contributed by atoms with Gasteiger partial charge in [0.15, 0.2) is 6.54 Å². The van der Waals surface area contributed by atoms with Gasteiger partial charge in [0.05, 0.1) is 0 Å². The zero-order valence-electron chi connectivity index (χ0n) is 15.5. The maximum atomic E-state index is 10.6. The fourth-order valence-electron chi connectivity index (χ4n) is 2.58. The SMILES string of the molecule is CCCCc1ccc(N=[N+](CCCC)c2ccc(OC(=O)O)cc2)cc1. The molecule has 0 fully saturated rings. The second-order valence-corrected chi connectivity index (χ2v) is 6.21. The zero-order valence-corrected chi connectivity index (χ0v) is 15.5. The van der Waals surface area contributed by atoms with Crippen LogP contribution in [0.25, 0.3) is 0 Å². The first-order valence-electron chi connectivity index (χ1n) is 9.21. The molecule has 1 N–H and O–H groups in total. The van der Waals surface area contributed by atoms with E-state index in [2.05, 4.69) is 30.7 Å². The van der Waals surface area contributed by atoms with Crippen molar-refractivity contribution in [3.63, 3.8) is 0 Å². The highest BCUT2D eigenvalue weighted by molar-refractivity contribution is 5.61. The number of carboxylic acid groups (broad SMARTS) is 1. The first-order chi connectivity index (χ1) is 12.6. The van der Waals surface area contributed by atoms with Gasteiger partial charge in [0.25, 0.3) is 0 Å². The van der Waals surface area contributed by atoms with Crippen LogP contribution in [0.3, 0.4) is 0 Å². The summed E-state index contributed by atoms with van der Waals surface area (Å²) in [6.07, 6.45) is 4.27. The van der Waals surface area contributed by atoms with E-state index < -0.39 is 6.16 Å². The molecule has 5 heteroatoms. The van der Waals surface area contributed by atoms with E-state index in [-0.39, 0.29) is 0 Å². The molecular formula is C21H27N2O3+. The Bertz CT molecular complexity index is 722. The molecule has 0 unspecified atom stereocenters. The molecule has 0 atom stereocenters. The van der Waals surface area contributed by atoms with E-state index in [1.165, 1.54) is 18.4 Å². The van der Waals surface area contributed by atoms with Crippen LogP contribution < -0.4 is 4.74 Å². The molecule has 0 amide bonds. The molecule has 2 aromatic rings. The summed E-state index contributed by atoms with van der Waals surface area (Å²) in [5.74, 6) is 0.303. The summed E-state index contributed by atoms with van der Waals surface area (Å²) in [6, 6.07) is 15.3. The summed E-state index contributed by atoms with van der Waals surface area (Å²) < 4.78 is 6.61. The van der Waals surface area contributed by atoms with E-state index in [9.17, 15) is 4.79 Å². The van der Waals surface area contributed by atoms with E-state index in [1.54, 1.807) is 12.1 Å². The van der Waals surface area contributed by atoms with Gasteiger partial charge in [-0.15, -0.1) is 0 Å². The Labute approximate surface area is 154 Å². The predicted octanol–water partition coefficient (Wildman–Crippen LogP) is 6.31. The third-order valence-corrected chi connectivity index (χ3v) is 4.05. The van der Waals surface area contributed by atoms with Gasteiger partial charge >= 0.3 is 6.16 Å². The molecule has 0 bridgehead atoms. The van der Waals surface area contributed by atoms with Crippen LogP contribution in [0.2, 0.25) is 0 Å². The smallest absolute Gasteiger partial charge is 0.449 e. The monoisotopic (exact) mass is 355 g/mol. The van der Waals surface area contributed by atoms with Crippen LogP contribution in [-0.2, 0) is 6.42 Å². The van der Waals surface area contributed by atoms with E-state index >= 15 is 0 Å². The van der Waals surface area contributed by atoms with Gasteiger partial charge in [0, 0.05) is 18.6 Å². The third-order valence-electron chi connectivity index (χ3n) is 4.05. The summed E-state index contributed by atoms with van der Waals surface area (Å²) in [6.45, 7) is 5.14. The molecule has 0 radical (unpaired) electrons. The van der Waals surface area contributed by atoms with Gasteiger partial charge in [-0.1, -0.05) is 43.5 Å². The van der Waals surface area contributed by atoms with Gasteiger partial charge < -0.3 is 9.84 Å². The number of carbonyl (C=O) groups is 1. The number of hydrogen-bond acceptors (Lipinski definition) is 3. The lowest BCUT2D eigenvalue weighted by atomic mass is 10.1. The summed E-state index contributed by atoms with van der Waals surface area (Å²) in [4.78, 5) is 10.6. The minimum atomic E-state index is -1.31. The Hall–Kier alpha value is -2.69. The van der Waals surface area contributed by atoms with Crippen molar-refractivity contribution in [2.45, 2.75) is 46.0 Å². The number of nitrogens with zero attached hydrogens (tertiary/aromatic N) is 2. The quantitative estimate of drug-likeness (QED) is 0.248. The van der Waals surface area contributed by atoms with Gasteiger partial charge in [0.1, 0.15) is 11.4 Å². The number of rotatable bonds is 9. The Kier molecular flexibility index (Phi) is 7.80. The van der Waals surface area contributed by atoms with E-state index in [1.807, 2.05) is 29.0 Å². The molecule has 2 rings (SSSR count). The van der Waals surface area contributed by atoms with Gasteiger partial charge in [-0.25, -0.2) is 4.79 Å². The van der Waals surface area contributed by atoms with Crippen molar-refractivity contribution >= 4 is 17.5 Å². The maximum absolute atomic E-state index is 10.6. The Morgan fingerprint density at radius 2 is 1.65 bits per heavy atom. The molecule has 0 heterocycles. The number of hydrogen-bond donors (Lipinski definition) is 1.